The van der Waals surface area contributed by atoms with Crippen LogP contribution in [0.3, 0.4) is 0 Å². The summed E-state index contributed by atoms with van der Waals surface area (Å²) in [7, 11) is 0. The number of benzene rings is 1. The van der Waals surface area contributed by atoms with Gasteiger partial charge in [0.05, 0.1) is 22.9 Å². The van der Waals surface area contributed by atoms with E-state index >= 15 is 0 Å². The van der Waals surface area contributed by atoms with E-state index in [1.165, 1.54) is 0 Å². The number of rotatable bonds is 2. The van der Waals surface area contributed by atoms with Crippen molar-refractivity contribution in [2.75, 3.05) is 5.32 Å². The van der Waals surface area contributed by atoms with Gasteiger partial charge in [-0.15, -0.1) is 0 Å². The van der Waals surface area contributed by atoms with Crippen LogP contribution in [0.5, 0.6) is 0 Å². The number of hydrogen-bond acceptors (Lipinski definition) is 2. The lowest BCUT2D eigenvalue weighted by Crippen LogP contribution is -2.46. The third kappa shape index (κ3) is 3.61. The van der Waals surface area contributed by atoms with Crippen molar-refractivity contribution in [2.45, 2.75) is 44.8 Å². The second-order valence-electron chi connectivity index (χ2n) is 4.99. The van der Waals surface area contributed by atoms with Gasteiger partial charge in [0.25, 0.3) is 0 Å². The Labute approximate surface area is 118 Å². The van der Waals surface area contributed by atoms with Gasteiger partial charge < -0.3 is 15.7 Å². The summed E-state index contributed by atoms with van der Waals surface area (Å²) < 4.78 is 0. The number of aryl methyl sites for hydroxylation is 1. The van der Waals surface area contributed by atoms with E-state index in [2.05, 4.69) is 10.6 Å². The van der Waals surface area contributed by atoms with Gasteiger partial charge in [-0.25, -0.2) is 4.79 Å². The van der Waals surface area contributed by atoms with Crippen LogP contribution in [0.4, 0.5) is 10.5 Å². The fraction of sp³-hybridized carbons (Fsp3) is 0.500. The zero-order chi connectivity index (χ0) is 13.8. The first kappa shape index (κ1) is 14.2. The van der Waals surface area contributed by atoms with Gasteiger partial charge in [0.1, 0.15) is 0 Å². The van der Waals surface area contributed by atoms with Gasteiger partial charge >= 0.3 is 6.03 Å². The van der Waals surface area contributed by atoms with Crippen LogP contribution in [-0.4, -0.2) is 23.3 Å². The van der Waals surface area contributed by atoms with E-state index in [0.717, 1.165) is 31.2 Å². The number of nitrogens with one attached hydrogen (secondary N) is 2. The van der Waals surface area contributed by atoms with Gasteiger partial charge in [-0.3, -0.25) is 0 Å². The molecule has 1 aromatic carbocycles. The molecule has 104 valence electrons. The number of aliphatic hydroxyl groups is 1. The molecule has 0 heterocycles. The lowest BCUT2D eigenvalue weighted by atomic mass is 9.93. The summed E-state index contributed by atoms with van der Waals surface area (Å²) in [6.45, 7) is 1.89. The molecule has 1 aliphatic rings. The highest BCUT2D eigenvalue weighted by atomic mass is 35.5. The molecule has 2 atom stereocenters. The Balaban J connectivity index is 1.97. The van der Waals surface area contributed by atoms with Crippen molar-refractivity contribution in [2.24, 2.45) is 0 Å². The minimum absolute atomic E-state index is 0.170. The summed E-state index contributed by atoms with van der Waals surface area (Å²) >= 11 is 6.05. The van der Waals surface area contributed by atoms with Crippen LogP contribution in [0.25, 0.3) is 0 Å². The van der Waals surface area contributed by atoms with E-state index < -0.39 is 6.10 Å². The number of anilines is 1. The Morgan fingerprint density at radius 2 is 2.11 bits per heavy atom. The van der Waals surface area contributed by atoms with Crippen LogP contribution in [0.15, 0.2) is 18.2 Å². The Hall–Kier alpha value is -1.26. The SMILES string of the molecule is Cc1cccc(Cl)c1NC(=O)N[C@H]1CCCC[C@H]1O. The highest BCUT2D eigenvalue weighted by Gasteiger charge is 2.24. The number of amides is 2. The zero-order valence-corrected chi connectivity index (χ0v) is 11.7. The van der Waals surface area contributed by atoms with Gasteiger partial charge in [0.15, 0.2) is 0 Å². The van der Waals surface area contributed by atoms with Crippen LogP contribution < -0.4 is 10.6 Å². The summed E-state index contributed by atoms with van der Waals surface area (Å²) in [5, 5.41) is 15.9. The minimum atomic E-state index is -0.452. The maximum absolute atomic E-state index is 11.9. The van der Waals surface area contributed by atoms with Crippen LogP contribution in [0.1, 0.15) is 31.2 Å². The van der Waals surface area contributed by atoms with E-state index in [4.69, 9.17) is 11.6 Å². The number of hydrogen-bond donors (Lipinski definition) is 3. The molecule has 1 aromatic rings. The average Bonchev–Trinajstić information content (AvgIpc) is 2.37. The molecular formula is C14H19ClN2O2. The zero-order valence-electron chi connectivity index (χ0n) is 10.9. The van der Waals surface area contributed by atoms with Gasteiger partial charge in [-0.05, 0) is 31.4 Å². The van der Waals surface area contributed by atoms with Gasteiger partial charge in [-0.1, -0.05) is 36.6 Å². The maximum Gasteiger partial charge on any atom is 0.319 e. The Morgan fingerprint density at radius 1 is 1.37 bits per heavy atom. The fourth-order valence-corrected chi connectivity index (χ4v) is 2.66. The van der Waals surface area contributed by atoms with Gasteiger partial charge in [-0.2, -0.15) is 0 Å². The largest absolute Gasteiger partial charge is 0.391 e. The second kappa shape index (κ2) is 6.26. The van der Waals surface area contributed by atoms with Gasteiger partial charge in [0, 0.05) is 0 Å². The van der Waals surface area contributed by atoms with E-state index in [0.29, 0.717) is 10.7 Å². The van der Waals surface area contributed by atoms with Crippen molar-refractivity contribution >= 4 is 23.3 Å². The number of aliphatic hydroxyl groups excluding tert-OH is 1. The standard InChI is InChI=1S/C14H19ClN2O2/c1-9-5-4-6-10(15)13(9)17-14(19)16-11-7-2-3-8-12(11)18/h4-6,11-12,18H,2-3,7-8H2,1H3,(H2,16,17,19)/t11-,12+/m0/s1. The monoisotopic (exact) mass is 282 g/mol. The summed E-state index contributed by atoms with van der Waals surface area (Å²) in [5.41, 5.74) is 1.53. The Morgan fingerprint density at radius 3 is 2.79 bits per heavy atom. The molecule has 0 aliphatic heterocycles. The molecule has 0 aromatic heterocycles. The number of urea groups is 1. The van der Waals surface area contributed by atoms with Crippen molar-refractivity contribution < 1.29 is 9.90 Å². The van der Waals surface area contributed by atoms with Crippen LogP contribution in [-0.2, 0) is 0 Å². The molecule has 1 aliphatic carbocycles. The summed E-state index contributed by atoms with van der Waals surface area (Å²) in [4.78, 5) is 11.9. The summed E-state index contributed by atoms with van der Waals surface area (Å²) in [6, 6.07) is 4.97. The lowest BCUT2D eigenvalue weighted by Gasteiger charge is -2.28. The topological polar surface area (TPSA) is 61.4 Å². The molecule has 0 spiro atoms. The van der Waals surface area contributed by atoms with Crippen molar-refractivity contribution in [3.8, 4) is 0 Å². The van der Waals surface area contributed by atoms with E-state index in [9.17, 15) is 9.90 Å². The third-order valence-corrected chi connectivity index (χ3v) is 3.82. The summed E-state index contributed by atoms with van der Waals surface area (Å²) in [5.74, 6) is 0. The third-order valence-electron chi connectivity index (χ3n) is 3.51. The number of carbonyl (C=O) groups is 1. The number of carbonyl (C=O) groups excluding carboxylic acids is 1. The second-order valence-corrected chi connectivity index (χ2v) is 5.40. The predicted octanol–water partition coefficient (Wildman–Crippen LogP) is 3.07. The Bertz CT molecular complexity index is 445. The Kier molecular flexibility index (Phi) is 4.66. The molecule has 5 heteroatoms. The van der Waals surface area contributed by atoms with Crippen molar-refractivity contribution in [1.82, 2.24) is 5.32 Å². The molecule has 0 bridgehead atoms. The molecule has 1 saturated carbocycles. The first-order valence-electron chi connectivity index (χ1n) is 6.58. The number of para-hydroxylation sites is 1. The molecule has 0 saturated heterocycles. The average molecular weight is 283 g/mol. The maximum atomic E-state index is 11.9. The molecule has 4 nitrogen and oxygen atoms in total. The molecule has 1 fully saturated rings. The molecular weight excluding hydrogens is 264 g/mol. The van der Waals surface area contributed by atoms with Gasteiger partial charge in [0.2, 0.25) is 0 Å². The molecule has 19 heavy (non-hydrogen) atoms. The van der Waals surface area contributed by atoms with Crippen LogP contribution in [0.2, 0.25) is 5.02 Å². The van der Waals surface area contributed by atoms with Crippen LogP contribution >= 0.6 is 11.6 Å². The highest BCUT2D eigenvalue weighted by Crippen LogP contribution is 2.25. The van der Waals surface area contributed by atoms with Crippen LogP contribution in [0, 0.1) is 6.92 Å². The van der Waals surface area contributed by atoms with E-state index in [-0.39, 0.29) is 12.1 Å². The molecule has 2 amide bonds. The van der Waals surface area contributed by atoms with Crippen molar-refractivity contribution in [3.63, 3.8) is 0 Å². The van der Waals surface area contributed by atoms with E-state index in [1.807, 2.05) is 19.1 Å². The predicted molar refractivity (Wildman–Crippen MR) is 76.6 cm³/mol. The highest BCUT2D eigenvalue weighted by molar-refractivity contribution is 6.33. The first-order chi connectivity index (χ1) is 9.08. The van der Waals surface area contributed by atoms with E-state index in [1.54, 1.807) is 6.07 Å². The lowest BCUT2D eigenvalue weighted by molar-refractivity contribution is 0.0955. The summed E-state index contributed by atoms with van der Waals surface area (Å²) in [6.07, 6.45) is 3.16. The molecule has 0 radical (unpaired) electrons. The quantitative estimate of drug-likeness (QED) is 0.781. The molecule has 2 rings (SSSR count). The van der Waals surface area contributed by atoms with Crippen molar-refractivity contribution in [1.29, 1.82) is 0 Å². The molecule has 0 unspecified atom stereocenters. The normalized spacial score (nSPS) is 22.9. The minimum Gasteiger partial charge on any atom is -0.391 e. The molecule has 3 N–H and O–H groups in total. The first-order valence-corrected chi connectivity index (χ1v) is 6.96. The smallest absolute Gasteiger partial charge is 0.319 e. The van der Waals surface area contributed by atoms with Crippen molar-refractivity contribution in [3.05, 3.63) is 28.8 Å². The number of halogens is 1. The fourth-order valence-electron chi connectivity index (χ4n) is 2.39.